The maximum absolute atomic E-state index is 6.07. The molecule has 0 aliphatic heterocycles. The molecule has 0 N–H and O–H groups in total. The Morgan fingerprint density at radius 1 is 0.773 bits per heavy atom. The first kappa shape index (κ1) is 15.6. The summed E-state index contributed by atoms with van der Waals surface area (Å²) in [4.78, 5) is 0. The first-order chi connectivity index (χ1) is 10.4. The summed E-state index contributed by atoms with van der Waals surface area (Å²) in [7, 11) is 0.424. The van der Waals surface area contributed by atoms with Crippen molar-refractivity contribution in [1.29, 1.82) is 0 Å². The fourth-order valence-electron chi connectivity index (χ4n) is 3.64. The van der Waals surface area contributed by atoms with Gasteiger partial charge in [-0.25, -0.2) is 0 Å². The fourth-order valence-corrected chi connectivity index (χ4v) is 6.65. The predicted octanol–water partition coefficient (Wildman–Crippen LogP) is 3.68. The molecular formula is C19H18LiOSi. The molecule has 3 heteroatoms. The molecule has 2 aromatic carbocycles. The first-order valence-electron chi connectivity index (χ1n) is 7.45. The van der Waals surface area contributed by atoms with Crippen molar-refractivity contribution in [3.05, 3.63) is 82.9 Å². The maximum Gasteiger partial charge on any atom is 0.198 e. The summed E-state index contributed by atoms with van der Waals surface area (Å²) in [6.45, 7) is 0. The third-order valence-electron chi connectivity index (χ3n) is 4.66. The first-order valence-corrected chi connectivity index (χ1v) is 9.26. The van der Waals surface area contributed by atoms with E-state index < -0.39 is 9.04 Å². The van der Waals surface area contributed by atoms with Crippen molar-refractivity contribution in [3.63, 3.8) is 0 Å². The number of hydrogen-bond donors (Lipinski definition) is 0. The minimum Gasteiger partial charge on any atom is -0.421 e. The molecule has 1 nitrogen and oxygen atoms in total. The summed E-state index contributed by atoms with van der Waals surface area (Å²) in [5.74, 6) is 0. The minimum atomic E-state index is -1.47. The van der Waals surface area contributed by atoms with Crippen LogP contribution in [-0.2, 0) is 4.43 Å². The fraction of sp³-hybridized carbons (Fsp3) is 0.158. The van der Waals surface area contributed by atoms with Crippen LogP contribution in [0.1, 0.15) is 33.3 Å². The molecule has 0 saturated carbocycles. The van der Waals surface area contributed by atoms with E-state index in [1.165, 1.54) is 22.3 Å². The molecule has 105 valence electrons. The monoisotopic (exact) mass is 297 g/mol. The van der Waals surface area contributed by atoms with E-state index in [-0.39, 0.29) is 18.9 Å². The molecule has 0 spiro atoms. The smallest absolute Gasteiger partial charge is 0.198 e. The van der Waals surface area contributed by atoms with Crippen molar-refractivity contribution in [2.75, 3.05) is 7.11 Å². The normalized spacial score (nSPS) is 22.0. The standard InChI is InChI=1S/C19H18OSi.Li/c1-20-21(18-12-10-14-6-2-4-8-16(14)18)19-13-11-15-7-3-5-9-17(15)19;/h2-13,18-19,21H,1H3;. The van der Waals surface area contributed by atoms with Crippen LogP contribution < -0.4 is 0 Å². The maximum atomic E-state index is 6.07. The zero-order valence-corrected chi connectivity index (χ0v) is 14.2. The largest absolute Gasteiger partial charge is 0.421 e. The van der Waals surface area contributed by atoms with Crippen LogP contribution in [0.4, 0.5) is 0 Å². The SMILES string of the molecule is CO[SiH](C1C=Cc2ccccc21)C1C=Cc2ccccc21.[Li]. The topological polar surface area (TPSA) is 9.23 Å². The van der Waals surface area contributed by atoms with Gasteiger partial charge >= 0.3 is 0 Å². The molecule has 22 heavy (non-hydrogen) atoms. The van der Waals surface area contributed by atoms with Crippen LogP contribution in [0.3, 0.4) is 0 Å². The Morgan fingerprint density at radius 2 is 1.23 bits per heavy atom. The van der Waals surface area contributed by atoms with Crippen molar-refractivity contribution in [1.82, 2.24) is 0 Å². The molecule has 2 aliphatic rings. The predicted molar refractivity (Wildman–Crippen MR) is 96.3 cm³/mol. The number of rotatable bonds is 3. The Bertz CT molecular complexity index is 676. The third-order valence-corrected chi connectivity index (χ3v) is 7.78. The third kappa shape index (κ3) is 2.47. The number of benzene rings is 2. The Hall–Kier alpha value is -1.31. The average molecular weight is 297 g/mol. The van der Waals surface area contributed by atoms with Gasteiger partial charge in [0.05, 0.1) is 0 Å². The minimum absolute atomic E-state index is 0. The zero-order valence-electron chi connectivity index (χ0n) is 13.1. The Balaban J connectivity index is 0.00000144. The van der Waals surface area contributed by atoms with Crippen LogP contribution in [-0.4, -0.2) is 35.0 Å². The van der Waals surface area contributed by atoms with E-state index in [9.17, 15) is 0 Å². The van der Waals surface area contributed by atoms with Gasteiger partial charge < -0.3 is 4.43 Å². The quantitative estimate of drug-likeness (QED) is 0.785. The summed E-state index contributed by atoms with van der Waals surface area (Å²) in [5.41, 5.74) is 6.52. The van der Waals surface area contributed by atoms with Crippen molar-refractivity contribution < 1.29 is 4.43 Å². The van der Waals surface area contributed by atoms with Crippen molar-refractivity contribution in [2.45, 2.75) is 11.1 Å². The molecule has 2 atom stereocenters. The molecule has 2 unspecified atom stereocenters. The molecule has 0 bridgehead atoms. The second-order valence-corrected chi connectivity index (χ2v) is 8.57. The second kappa shape index (κ2) is 6.44. The molecule has 0 amide bonds. The number of allylic oxidation sites excluding steroid dienone is 2. The van der Waals surface area contributed by atoms with Gasteiger partial charge in [0.25, 0.3) is 0 Å². The summed E-state index contributed by atoms with van der Waals surface area (Å²) in [6.07, 6.45) is 9.20. The van der Waals surface area contributed by atoms with E-state index in [0.29, 0.717) is 11.1 Å². The van der Waals surface area contributed by atoms with Gasteiger partial charge in [0.2, 0.25) is 0 Å². The van der Waals surface area contributed by atoms with E-state index in [1.54, 1.807) is 0 Å². The van der Waals surface area contributed by atoms with Crippen LogP contribution in [0.15, 0.2) is 60.7 Å². The van der Waals surface area contributed by atoms with Crippen LogP contribution in [0.25, 0.3) is 12.2 Å². The van der Waals surface area contributed by atoms with Crippen LogP contribution in [0.2, 0.25) is 0 Å². The van der Waals surface area contributed by atoms with Gasteiger partial charge in [-0.3, -0.25) is 0 Å². The average Bonchev–Trinajstić information content (AvgIpc) is 3.14. The number of hydrogen-bond acceptors (Lipinski definition) is 1. The van der Waals surface area contributed by atoms with Gasteiger partial charge in [-0.15, -0.1) is 0 Å². The van der Waals surface area contributed by atoms with Crippen LogP contribution >= 0.6 is 0 Å². The molecule has 2 aliphatic carbocycles. The molecule has 2 aromatic rings. The summed E-state index contributed by atoms with van der Waals surface area (Å²) in [5, 5.41) is 0. The molecule has 0 aromatic heterocycles. The van der Waals surface area contributed by atoms with E-state index >= 15 is 0 Å². The van der Waals surface area contributed by atoms with Gasteiger partial charge in [0.1, 0.15) is 0 Å². The van der Waals surface area contributed by atoms with E-state index in [1.807, 2.05) is 7.11 Å². The Morgan fingerprint density at radius 3 is 1.68 bits per heavy atom. The second-order valence-electron chi connectivity index (χ2n) is 5.73. The van der Waals surface area contributed by atoms with Crippen molar-refractivity contribution in [2.24, 2.45) is 0 Å². The van der Waals surface area contributed by atoms with Crippen LogP contribution in [0, 0.1) is 0 Å². The number of fused-ring (bicyclic) bond motifs is 2. The summed E-state index contributed by atoms with van der Waals surface area (Å²) < 4.78 is 6.07. The molecule has 4 rings (SSSR count). The van der Waals surface area contributed by atoms with Gasteiger partial charge in [0, 0.05) is 37.1 Å². The Kier molecular flexibility index (Phi) is 4.56. The Labute approximate surface area is 145 Å². The molecule has 0 fully saturated rings. The summed E-state index contributed by atoms with van der Waals surface area (Å²) in [6, 6.07) is 17.4. The summed E-state index contributed by atoms with van der Waals surface area (Å²) >= 11 is 0. The van der Waals surface area contributed by atoms with Crippen molar-refractivity contribution >= 4 is 40.1 Å². The van der Waals surface area contributed by atoms with Gasteiger partial charge in [-0.2, -0.15) is 0 Å². The van der Waals surface area contributed by atoms with Crippen molar-refractivity contribution in [3.8, 4) is 0 Å². The van der Waals surface area contributed by atoms with Gasteiger partial charge in [-0.05, 0) is 22.3 Å². The van der Waals surface area contributed by atoms with Crippen LogP contribution in [0.5, 0.6) is 0 Å². The van der Waals surface area contributed by atoms with Gasteiger partial charge in [0.15, 0.2) is 9.04 Å². The van der Waals surface area contributed by atoms with E-state index in [4.69, 9.17) is 4.43 Å². The van der Waals surface area contributed by atoms with E-state index in [0.717, 1.165) is 0 Å². The molecule has 1 radical (unpaired) electrons. The van der Waals surface area contributed by atoms with Gasteiger partial charge in [-0.1, -0.05) is 72.8 Å². The zero-order chi connectivity index (χ0) is 14.2. The molecule has 0 heterocycles. The molecule has 0 saturated heterocycles. The molecular weight excluding hydrogens is 279 g/mol. The van der Waals surface area contributed by atoms with E-state index in [2.05, 4.69) is 72.8 Å².